The number of carbonyl (C=O) groups is 2. The fourth-order valence-electron chi connectivity index (χ4n) is 4.05. The summed E-state index contributed by atoms with van der Waals surface area (Å²) in [4.78, 5) is 28.4. The van der Waals surface area contributed by atoms with Crippen LogP contribution in [0.3, 0.4) is 0 Å². The number of nitrogens with one attached hydrogen (secondary N) is 1. The topological polar surface area (TPSA) is 52.7 Å². The van der Waals surface area contributed by atoms with Gasteiger partial charge in [0.05, 0.1) is 11.6 Å². The first-order chi connectivity index (χ1) is 13.6. The summed E-state index contributed by atoms with van der Waals surface area (Å²) in [6.45, 7) is 2.71. The highest BCUT2D eigenvalue weighted by Gasteiger charge is 2.35. The van der Waals surface area contributed by atoms with Gasteiger partial charge in [-0.3, -0.25) is 9.59 Å². The third-order valence-electron chi connectivity index (χ3n) is 5.53. The van der Waals surface area contributed by atoms with Gasteiger partial charge in [-0.15, -0.1) is 0 Å². The molecule has 2 aromatic carbocycles. The number of benzene rings is 2. The molecule has 1 atom stereocenters. The van der Waals surface area contributed by atoms with Gasteiger partial charge in [0.1, 0.15) is 5.82 Å². The highest BCUT2D eigenvalue weighted by Crippen LogP contribution is 2.28. The lowest BCUT2D eigenvalue weighted by Gasteiger charge is -2.20. The molecule has 0 unspecified atom stereocenters. The van der Waals surface area contributed by atoms with Gasteiger partial charge in [-0.2, -0.15) is 0 Å². The monoisotopic (exact) mass is 381 g/mol. The van der Waals surface area contributed by atoms with Crippen molar-refractivity contribution in [1.82, 2.24) is 5.32 Å². The fourth-order valence-corrected chi connectivity index (χ4v) is 4.05. The van der Waals surface area contributed by atoms with E-state index in [1.165, 1.54) is 22.2 Å². The Morgan fingerprint density at radius 3 is 2.68 bits per heavy atom. The molecule has 2 aromatic rings. The van der Waals surface area contributed by atoms with Crippen LogP contribution in [0, 0.1) is 11.7 Å². The second-order valence-electron chi connectivity index (χ2n) is 7.37. The highest BCUT2D eigenvalue weighted by molar-refractivity contribution is 6.00. The van der Waals surface area contributed by atoms with Crippen molar-refractivity contribution in [3.63, 3.8) is 0 Å². The van der Waals surface area contributed by atoms with E-state index >= 15 is 0 Å². The number of rotatable bonds is 6. The van der Waals surface area contributed by atoms with E-state index in [0.717, 1.165) is 25.9 Å². The van der Waals surface area contributed by atoms with Gasteiger partial charge in [0.25, 0.3) is 0 Å². The Morgan fingerprint density at radius 2 is 1.86 bits per heavy atom. The highest BCUT2D eigenvalue weighted by atomic mass is 19.1. The predicted octanol–water partition coefficient (Wildman–Crippen LogP) is 2.75. The number of anilines is 2. The molecule has 146 valence electrons. The van der Waals surface area contributed by atoms with E-state index in [1.807, 2.05) is 0 Å². The molecule has 2 aliphatic rings. The van der Waals surface area contributed by atoms with Crippen molar-refractivity contribution in [2.24, 2.45) is 5.92 Å². The first-order valence-electron chi connectivity index (χ1n) is 9.79. The summed E-state index contributed by atoms with van der Waals surface area (Å²) in [7, 11) is 0. The lowest BCUT2D eigenvalue weighted by atomic mass is 10.1. The molecule has 2 heterocycles. The average molecular weight is 381 g/mol. The smallest absolute Gasteiger partial charge is 0.227 e. The molecule has 2 amide bonds. The van der Waals surface area contributed by atoms with E-state index in [-0.39, 0.29) is 30.5 Å². The molecule has 28 heavy (non-hydrogen) atoms. The summed E-state index contributed by atoms with van der Waals surface area (Å²) in [6.07, 6.45) is 2.04. The molecule has 0 aromatic heterocycles. The van der Waals surface area contributed by atoms with Gasteiger partial charge in [-0.1, -0.05) is 30.3 Å². The third-order valence-corrected chi connectivity index (χ3v) is 5.53. The Labute approximate surface area is 164 Å². The molecule has 5 nitrogen and oxygen atoms in total. The second-order valence-corrected chi connectivity index (χ2v) is 7.37. The van der Waals surface area contributed by atoms with Crippen LogP contribution in [0.15, 0.2) is 48.5 Å². The van der Waals surface area contributed by atoms with E-state index in [1.54, 1.807) is 18.2 Å². The molecule has 0 aliphatic carbocycles. The summed E-state index contributed by atoms with van der Waals surface area (Å²) >= 11 is 0. The Balaban J connectivity index is 1.25. The van der Waals surface area contributed by atoms with Crippen molar-refractivity contribution in [2.45, 2.75) is 19.3 Å². The molecular weight excluding hydrogens is 357 g/mol. The minimum Gasteiger partial charge on any atom is -0.371 e. The average Bonchev–Trinajstić information content (AvgIpc) is 3.29. The molecule has 0 spiro atoms. The van der Waals surface area contributed by atoms with Gasteiger partial charge in [0, 0.05) is 38.3 Å². The molecule has 2 aliphatic heterocycles. The van der Waals surface area contributed by atoms with Crippen molar-refractivity contribution in [1.29, 1.82) is 0 Å². The van der Waals surface area contributed by atoms with Crippen LogP contribution in [0.4, 0.5) is 15.8 Å². The van der Waals surface area contributed by atoms with E-state index < -0.39 is 11.7 Å². The van der Waals surface area contributed by atoms with Crippen LogP contribution in [-0.2, 0) is 16.0 Å². The number of amides is 2. The molecular formula is C22H24FN3O2. The molecule has 1 N–H and O–H groups in total. The van der Waals surface area contributed by atoms with Crippen LogP contribution in [-0.4, -0.2) is 38.0 Å². The lowest BCUT2D eigenvalue weighted by molar-refractivity contribution is -0.126. The van der Waals surface area contributed by atoms with E-state index in [2.05, 4.69) is 34.5 Å². The largest absolute Gasteiger partial charge is 0.371 e. The first kappa shape index (κ1) is 18.5. The number of para-hydroxylation sites is 2. The predicted molar refractivity (Wildman–Crippen MR) is 107 cm³/mol. The van der Waals surface area contributed by atoms with E-state index in [9.17, 15) is 14.0 Å². The zero-order valence-corrected chi connectivity index (χ0v) is 15.7. The Kier molecular flexibility index (Phi) is 5.28. The van der Waals surface area contributed by atoms with Crippen LogP contribution in [0.2, 0.25) is 0 Å². The normalized spacial score (nSPS) is 18.5. The number of nitrogens with zero attached hydrogens (tertiary/aromatic N) is 2. The van der Waals surface area contributed by atoms with Gasteiger partial charge < -0.3 is 15.1 Å². The SMILES string of the molecule is O=C(NCCCN1CCc2ccccc21)[C@@H]1CC(=O)N(c2ccccc2F)C1. The first-order valence-corrected chi connectivity index (χ1v) is 9.79. The lowest BCUT2D eigenvalue weighted by Crippen LogP contribution is -2.35. The number of carbonyl (C=O) groups excluding carboxylic acids is 2. The van der Waals surface area contributed by atoms with Crippen LogP contribution >= 0.6 is 0 Å². The van der Waals surface area contributed by atoms with E-state index in [0.29, 0.717) is 6.54 Å². The minimum atomic E-state index is -0.442. The maximum atomic E-state index is 13.9. The quantitative estimate of drug-likeness (QED) is 0.783. The van der Waals surface area contributed by atoms with Crippen molar-refractivity contribution in [2.75, 3.05) is 36.0 Å². The molecule has 0 saturated carbocycles. The van der Waals surface area contributed by atoms with Gasteiger partial charge >= 0.3 is 0 Å². The fraction of sp³-hybridized carbons (Fsp3) is 0.364. The van der Waals surface area contributed by atoms with Crippen LogP contribution in [0.25, 0.3) is 0 Å². The van der Waals surface area contributed by atoms with Crippen LogP contribution in [0.5, 0.6) is 0 Å². The zero-order valence-electron chi connectivity index (χ0n) is 15.7. The summed E-state index contributed by atoms with van der Waals surface area (Å²) in [5.74, 6) is -1.21. The summed E-state index contributed by atoms with van der Waals surface area (Å²) in [6, 6.07) is 14.6. The van der Waals surface area contributed by atoms with Gasteiger partial charge in [0.2, 0.25) is 11.8 Å². The number of fused-ring (bicyclic) bond motifs is 1. The van der Waals surface area contributed by atoms with Crippen molar-refractivity contribution in [3.05, 3.63) is 59.9 Å². The summed E-state index contributed by atoms with van der Waals surface area (Å²) < 4.78 is 13.9. The molecule has 1 fully saturated rings. The maximum absolute atomic E-state index is 13.9. The molecule has 6 heteroatoms. The molecule has 1 saturated heterocycles. The Hall–Kier alpha value is -2.89. The third kappa shape index (κ3) is 3.72. The summed E-state index contributed by atoms with van der Waals surface area (Å²) in [5.41, 5.74) is 2.91. The van der Waals surface area contributed by atoms with Crippen molar-refractivity contribution < 1.29 is 14.0 Å². The van der Waals surface area contributed by atoms with Crippen LogP contribution in [0.1, 0.15) is 18.4 Å². The Bertz CT molecular complexity index is 886. The minimum absolute atomic E-state index is 0.125. The molecule has 0 bridgehead atoms. The molecule has 4 rings (SSSR count). The number of hydrogen-bond donors (Lipinski definition) is 1. The van der Waals surface area contributed by atoms with Crippen molar-refractivity contribution in [3.8, 4) is 0 Å². The van der Waals surface area contributed by atoms with Gasteiger partial charge in [-0.05, 0) is 36.6 Å². The number of halogens is 1. The summed E-state index contributed by atoms with van der Waals surface area (Å²) in [5, 5.41) is 2.94. The molecule has 0 radical (unpaired) electrons. The van der Waals surface area contributed by atoms with E-state index in [4.69, 9.17) is 0 Å². The Morgan fingerprint density at radius 1 is 1.11 bits per heavy atom. The second kappa shape index (κ2) is 8.00. The maximum Gasteiger partial charge on any atom is 0.227 e. The standard InChI is InChI=1S/C22H24FN3O2/c23-18-7-2-4-9-20(18)26-15-17(14-21(26)27)22(28)24-11-5-12-25-13-10-16-6-1-3-8-19(16)25/h1-4,6-9,17H,5,10-15H2,(H,24,28)/t17-/m1/s1. The zero-order chi connectivity index (χ0) is 19.5. The van der Waals surface area contributed by atoms with Gasteiger partial charge in [-0.25, -0.2) is 4.39 Å². The van der Waals surface area contributed by atoms with Crippen LogP contribution < -0.4 is 15.1 Å². The number of hydrogen-bond acceptors (Lipinski definition) is 3. The van der Waals surface area contributed by atoms with Gasteiger partial charge in [0.15, 0.2) is 0 Å². The van der Waals surface area contributed by atoms with Crippen molar-refractivity contribution >= 4 is 23.2 Å².